The van der Waals surface area contributed by atoms with Gasteiger partial charge in [0.25, 0.3) is 0 Å². The molecule has 4 unspecified atom stereocenters. The molecule has 0 spiro atoms. The van der Waals surface area contributed by atoms with Crippen LogP contribution in [0, 0.1) is 17.8 Å². The van der Waals surface area contributed by atoms with Crippen molar-refractivity contribution in [2.75, 3.05) is 0 Å². The second-order valence-corrected chi connectivity index (χ2v) is 5.46. The van der Waals surface area contributed by atoms with Crippen LogP contribution in [0.2, 0.25) is 0 Å². The zero-order valence-corrected chi connectivity index (χ0v) is 10.4. The largest absolute Gasteiger partial charge is 0.382 e. The molecule has 1 N–H and O–H groups in total. The van der Waals surface area contributed by atoms with Gasteiger partial charge in [-0.05, 0) is 44.4 Å². The van der Waals surface area contributed by atoms with Crippen LogP contribution in [-0.2, 0) is 4.79 Å². The van der Waals surface area contributed by atoms with Gasteiger partial charge in [0.05, 0.1) is 0 Å². The van der Waals surface area contributed by atoms with E-state index >= 15 is 0 Å². The molecule has 0 bridgehead atoms. The maximum atomic E-state index is 12.1. The number of Topliss-reactive ketones (excluding diaryl/α,β-unsaturated/α-hetero) is 1. The first-order chi connectivity index (χ1) is 6.88. The minimum absolute atomic E-state index is 0.0590. The summed E-state index contributed by atoms with van der Waals surface area (Å²) in [6, 6.07) is 0. The highest BCUT2D eigenvalue weighted by Crippen LogP contribution is 2.35. The third-order valence-electron chi connectivity index (χ3n) is 4.19. The van der Waals surface area contributed by atoms with Gasteiger partial charge in [-0.3, -0.25) is 4.79 Å². The van der Waals surface area contributed by atoms with E-state index in [1.54, 1.807) is 6.92 Å². The van der Waals surface area contributed by atoms with Gasteiger partial charge in [0, 0.05) is 5.92 Å². The molecule has 1 aliphatic rings. The standard InChI is InChI=1S/C13H24O2/c1-5-13(4,15)12(14)11-7-6-9(2)10(3)8-11/h9-11,15H,5-8H2,1-4H3. The predicted octanol–water partition coefficient (Wildman–Crippen LogP) is 2.79. The fourth-order valence-corrected chi connectivity index (χ4v) is 2.40. The van der Waals surface area contributed by atoms with E-state index in [4.69, 9.17) is 0 Å². The number of ketones is 1. The summed E-state index contributed by atoms with van der Waals surface area (Å²) in [5, 5.41) is 9.95. The number of rotatable bonds is 3. The van der Waals surface area contributed by atoms with Crippen LogP contribution in [0.5, 0.6) is 0 Å². The molecular weight excluding hydrogens is 188 g/mol. The molecule has 1 aliphatic carbocycles. The normalized spacial score (nSPS) is 35.9. The Morgan fingerprint density at radius 3 is 2.40 bits per heavy atom. The van der Waals surface area contributed by atoms with Gasteiger partial charge in [-0.15, -0.1) is 0 Å². The fourth-order valence-electron chi connectivity index (χ4n) is 2.40. The molecule has 1 saturated carbocycles. The fraction of sp³-hybridized carbons (Fsp3) is 0.923. The van der Waals surface area contributed by atoms with Gasteiger partial charge < -0.3 is 5.11 Å². The summed E-state index contributed by atoms with van der Waals surface area (Å²) < 4.78 is 0. The first-order valence-electron chi connectivity index (χ1n) is 6.15. The van der Waals surface area contributed by atoms with Crippen LogP contribution in [0.1, 0.15) is 53.4 Å². The quantitative estimate of drug-likeness (QED) is 0.781. The Labute approximate surface area is 93.1 Å². The van der Waals surface area contributed by atoms with Crippen LogP contribution in [0.25, 0.3) is 0 Å². The predicted molar refractivity (Wildman–Crippen MR) is 61.6 cm³/mol. The minimum Gasteiger partial charge on any atom is -0.382 e. The molecule has 0 aromatic carbocycles. The van der Waals surface area contributed by atoms with E-state index in [2.05, 4.69) is 13.8 Å². The van der Waals surface area contributed by atoms with Crippen molar-refractivity contribution < 1.29 is 9.90 Å². The molecular formula is C13H24O2. The van der Waals surface area contributed by atoms with E-state index in [1.165, 1.54) is 0 Å². The van der Waals surface area contributed by atoms with E-state index in [0.29, 0.717) is 12.3 Å². The van der Waals surface area contributed by atoms with Crippen LogP contribution >= 0.6 is 0 Å². The van der Waals surface area contributed by atoms with E-state index in [0.717, 1.165) is 25.2 Å². The van der Waals surface area contributed by atoms with Gasteiger partial charge in [-0.2, -0.15) is 0 Å². The van der Waals surface area contributed by atoms with Crippen molar-refractivity contribution in [2.45, 2.75) is 59.0 Å². The van der Waals surface area contributed by atoms with E-state index in [9.17, 15) is 9.90 Å². The van der Waals surface area contributed by atoms with Gasteiger partial charge in [-0.25, -0.2) is 0 Å². The number of carbonyl (C=O) groups excluding carboxylic acids is 1. The molecule has 0 heterocycles. The highest BCUT2D eigenvalue weighted by molar-refractivity contribution is 5.88. The number of hydrogen-bond acceptors (Lipinski definition) is 2. The van der Waals surface area contributed by atoms with E-state index < -0.39 is 5.60 Å². The number of aliphatic hydroxyl groups is 1. The molecule has 0 aromatic rings. The SMILES string of the molecule is CCC(C)(O)C(=O)C1CCC(C)C(C)C1. The summed E-state index contributed by atoms with van der Waals surface area (Å²) in [6.07, 6.45) is 3.56. The molecule has 2 nitrogen and oxygen atoms in total. The van der Waals surface area contributed by atoms with Gasteiger partial charge >= 0.3 is 0 Å². The Morgan fingerprint density at radius 2 is 1.93 bits per heavy atom. The first kappa shape index (κ1) is 12.7. The molecule has 1 rings (SSSR count). The number of carbonyl (C=O) groups is 1. The zero-order valence-electron chi connectivity index (χ0n) is 10.4. The number of hydrogen-bond donors (Lipinski definition) is 1. The molecule has 88 valence electrons. The third-order valence-corrected chi connectivity index (χ3v) is 4.19. The first-order valence-corrected chi connectivity index (χ1v) is 6.15. The lowest BCUT2D eigenvalue weighted by Gasteiger charge is -2.34. The van der Waals surface area contributed by atoms with Crippen molar-refractivity contribution >= 4 is 5.78 Å². The van der Waals surface area contributed by atoms with Crippen LogP contribution < -0.4 is 0 Å². The Kier molecular flexibility index (Phi) is 3.93. The average molecular weight is 212 g/mol. The second-order valence-electron chi connectivity index (χ2n) is 5.46. The van der Waals surface area contributed by atoms with Crippen molar-refractivity contribution in [1.82, 2.24) is 0 Å². The molecule has 2 heteroatoms. The molecule has 0 amide bonds. The maximum Gasteiger partial charge on any atom is 0.167 e. The Hall–Kier alpha value is -0.370. The molecule has 4 atom stereocenters. The van der Waals surface area contributed by atoms with Gasteiger partial charge in [0.15, 0.2) is 5.78 Å². The monoisotopic (exact) mass is 212 g/mol. The highest BCUT2D eigenvalue weighted by Gasteiger charge is 2.37. The molecule has 0 radical (unpaired) electrons. The van der Waals surface area contributed by atoms with E-state index in [1.807, 2.05) is 6.92 Å². The lowest BCUT2D eigenvalue weighted by molar-refractivity contribution is -0.142. The van der Waals surface area contributed by atoms with Crippen LogP contribution in [0.15, 0.2) is 0 Å². The summed E-state index contributed by atoms with van der Waals surface area (Å²) in [5.74, 6) is 1.48. The Balaban J connectivity index is 2.62. The Morgan fingerprint density at radius 1 is 1.33 bits per heavy atom. The smallest absolute Gasteiger partial charge is 0.167 e. The summed E-state index contributed by atoms with van der Waals surface area (Å²) in [6.45, 7) is 7.99. The van der Waals surface area contributed by atoms with Gasteiger partial charge in [0.2, 0.25) is 0 Å². The van der Waals surface area contributed by atoms with Crippen LogP contribution in [0.3, 0.4) is 0 Å². The van der Waals surface area contributed by atoms with Crippen molar-refractivity contribution in [3.05, 3.63) is 0 Å². The van der Waals surface area contributed by atoms with Crippen LogP contribution in [-0.4, -0.2) is 16.5 Å². The summed E-state index contributed by atoms with van der Waals surface area (Å²) >= 11 is 0. The lowest BCUT2D eigenvalue weighted by Crippen LogP contribution is -2.41. The Bertz CT molecular complexity index is 233. The second kappa shape index (κ2) is 4.65. The topological polar surface area (TPSA) is 37.3 Å². The third kappa shape index (κ3) is 2.81. The summed E-state index contributed by atoms with van der Waals surface area (Å²) in [5.41, 5.74) is -1.11. The van der Waals surface area contributed by atoms with Gasteiger partial charge in [0.1, 0.15) is 5.60 Å². The molecule has 15 heavy (non-hydrogen) atoms. The summed E-state index contributed by atoms with van der Waals surface area (Å²) in [7, 11) is 0. The molecule has 0 aliphatic heterocycles. The van der Waals surface area contributed by atoms with Crippen molar-refractivity contribution in [2.24, 2.45) is 17.8 Å². The van der Waals surface area contributed by atoms with E-state index in [-0.39, 0.29) is 11.7 Å². The molecule has 0 saturated heterocycles. The van der Waals surface area contributed by atoms with Crippen molar-refractivity contribution in [3.63, 3.8) is 0 Å². The zero-order chi connectivity index (χ0) is 11.6. The van der Waals surface area contributed by atoms with Gasteiger partial charge in [-0.1, -0.05) is 20.8 Å². The highest BCUT2D eigenvalue weighted by atomic mass is 16.3. The lowest BCUT2D eigenvalue weighted by atomic mass is 9.71. The van der Waals surface area contributed by atoms with Crippen molar-refractivity contribution in [3.8, 4) is 0 Å². The van der Waals surface area contributed by atoms with Crippen molar-refractivity contribution in [1.29, 1.82) is 0 Å². The maximum absolute atomic E-state index is 12.1. The average Bonchev–Trinajstić information content (AvgIpc) is 2.21. The summed E-state index contributed by atoms with van der Waals surface area (Å²) in [4.78, 5) is 12.1. The van der Waals surface area contributed by atoms with Crippen LogP contribution in [0.4, 0.5) is 0 Å². The minimum atomic E-state index is -1.11. The molecule has 0 aromatic heterocycles. The molecule has 1 fully saturated rings.